The number of pyridine rings is 1. The number of nitrogen functional groups attached to an aromatic ring is 1. The third-order valence-corrected chi connectivity index (χ3v) is 6.38. The average molecular weight is 503 g/mol. The number of hydrogen-bond donors (Lipinski definition) is 2. The van der Waals surface area contributed by atoms with Gasteiger partial charge in [-0.3, -0.25) is 4.40 Å². The molecule has 5 rings (SSSR count). The number of imidazole rings is 1. The molecule has 0 amide bonds. The molecule has 2 aromatic carbocycles. The van der Waals surface area contributed by atoms with E-state index in [4.69, 9.17) is 22.1 Å². The lowest BCUT2D eigenvalue weighted by molar-refractivity contribution is 0.434. The maximum atomic E-state index is 14.8. The topological polar surface area (TPSA) is 90.4 Å². The second-order valence-corrected chi connectivity index (χ2v) is 8.80. The van der Waals surface area contributed by atoms with Gasteiger partial charge in [-0.25, -0.2) is 18.7 Å². The van der Waals surface area contributed by atoms with Crippen molar-refractivity contribution in [2.75, 3.05) is 10.5 Å². The third-order valence-electron chi connectivity index (χ3n) is 4.60. The van der Waals surface area contributed by atoms with Crippen molar-refractivity contribution in [2.45, 2.75) is 4.90 Å². The highest BCUT2D eigenvalue weighted by atomic mass is 35.5. The van der Waals surface area contributed by atoms with E-state index >= 15 is 0 Å². The molecule has 5 aromatic rings. The number of anilines is 2. The molecule has 0 atom stereocenters. The van der Waals surface area contributed by atoms with Crippen LogP contribution in [0.3, 0.4) is 0 Å². The van der Waals surface area contributed by atoms with Crippen molar-refractivity contribution in [2.24, 2.45) is 0 Å². The van der Waals surface area contributed by atoms with Crippen LogP contribution < -0.4 is 15.2 Å². The highest BCUT2D eigenvalue weighted by Gasteiger charge is 2.16. The van der Waals surface area contributed by atoms with Crippen LogP contribution in [0.25, 0.3) is 16.8 Å². The van der Waals surface area contributed by atoms with Crippen LogP contribution in [0.4, 0.5) is 19.7 Å². The number of nitrogens with one attached hydrogen (secondary N) is 1. The minimum Gasteiger partial charge on any atom is -0.454 e. The number of hydrogen-bond acceptors (Lipinski definition) is 8. The van der Waals surface area contributed by atoms with Gasteiger partial charge in [0.1, 0.15) is 29.4 Å². The highest BCUT2D eigenvalue weighted by Crippen LogP contribution is 2.38. The Labute approximate surface area is 199 Å². The molecule has 3 N–H and O–H groups in total. The fourth-order valence-electron chi connectivity index (χ4n) is 3.08. The quantitative estimate of drug-likeness (QED) is 0.264. The van der Waals surface area contributed by atoms with Gasteiger partial charge in [-0.15, -0.1) is 0 Å². The maximum Gasteiger partial charge on any atom is 0.212 e. The van der Waals surface area contributed by atoms with E-state index in [-0.39, 0.29) is 10.6 Å². The first-order valence-corrected chi connectivity index (χ1v) is 11.3. The summed E-state index contributed by atoms with van der Waals surface area (Å²) in [6.45, 7) is 0. The Morgan fingerprint density at radius 1 is 1.06 bits per heavy atom. The Morgan fingerprint density at radius 2 is 1.94 bits per heavy atom. The molecule has 0 spiro atoms. The third kappa shape index (κ3) is 4.42. The van der Waals surface area contributed by atoms with E-state index in [9.17, 15) is 8.78 Å². The largest absolute Gasteiger partial charge is 0.454 e. The van der Waals surface area contributed by atoms with E-state index in [0.29, 0.717) is 38.5 Å². The van der Waals surface area contributed by atoms with Crippen molar-refractivity contribution in [1.29, 1.82) is 0 Å². The van der Waals surface area contributed by atoms with Gasteiger partial charge >= 0.3 is 0 Å². The van der Waals surface area contributed by atoms with E-state index in [1.165, 1.54) is 6.33 Å². The number of nitrogens with two attached hydrogens (primary N) is 1. The van der Waals surface area contributed by atoms with E-state index in [1.807, 2.05) is 6.07 Å². The summed E-state index contributed by atoms with van der Waals surface area (Å²) in [4.78, 5) is 8.18. The van der Waals surface area contributed by atoms with E-state index in [2.05, 4.69) is 19.1 Å². The van der Waals surface area contributed by atoms with Crippen LogP contribution in [0.15, 0.2) is 66.1 Å². The number of fused-ring (bicyclic) bond motifs is 1. The summed E-state index contributed by atoms with van der Waals surface area (Å²) < 4.78 is 43.6. The first kappa shape index (κ1) is 21.4. The molecule has 3 aromatic heterocycles. The van der Waals surface area contributed by atoms with Gasteiger partial charge in [-0.05, 0) is 48.3 Å². The SMILES string of the molecule is Nc1cnc2ccc(-c3cc(Cl)ccc3Oc3cc(F)c(SNc4ncns4)cc3F)cn12. The fourth-order valence-corrected chi connectivity index (χ4v) is 4.38. The second-order valence-electron chi connectivity index (χ2n) is 6.74. The molecule has 166 valence electrons. The van der Waals surface area contributed by atoms with Crippen LogP contribution in [0, 0.1) is 11.6 Å². The van der Waals surface area contributed by atoms with Crippen molar-refractivity contribution < 1.29 is 13.5 Å². The Kier molecular flexibility index (Phi) is 5.75. The summed E-state index contributed by atoms with van der Waals surface area (Å²) in [5.74, 6) is -0.896. The lowest BCUT2D eigenvalue weighted by atomic mass is 10.1. The first-order valence-electron chi connectivity index (χ1n) is 9.37. The molecular formula is C21H13ClF2N6OS2. The molecule has 0 fully saturated rings. The number of benzene rings is 2. The normalized spacial score (nSPS) is 11.1. The summed E-state index contributed by atoms with van der Waals surface area (Å²) in [6.07, 6.45) is 4.68. The Morgan fingerprint density at radius 3 is 2.76 bits per heavy atom. The highest BCUT2D eigenvalue weighted by molar-refractivity contribution is 8.00. The Hall–Kier alpha value is -3.41. The van der Waals surface area contributed by atoms with Crippen LogP contribution in [-0.2, 0) is 0 Å². The van der Waals surface area contributed by atoms with Gasteiger partial charge in [0.15, 0.2) is 11.6 Å². The van der Waals surface area contributed by atoms with E-state index in [0.717, 1.165) is 35.6 Å². The molecule has 0 unspecified atom stereocenters. The minimum absolute atomic E-state index is 0.0485. The summed E-state index contributed by atoms with van der Waals surface area (Å²) in [6, 6.07) is 10.5. The summed E-state index contributed by atoms with van der Waals surface area (Å²) in [7, 11) is 0. The van der Waals surface area contributed by atoms with Crippen molar-refractivity contribution in [3.63, 3.8) is 0 Å². The number of rotatable bonds is 6. The lowest BCUT2D eigenvalue weighted by Crippen LogP contribution is -1.97. The zero-order valence-electron chi connectivity index (χ0n) is 16.5. The van der Waals surface area contributed by atoms with Gasteiger partial charge in [0.05, 0.1) is 11.1 Å². The summed E-state index contributed by atoms with van der Waals surface area (Å²) in [5.41, 5.74) is 7.91. The molecule has 0 aliphatic heterocycles. The van der Waals surface area contributed by atoms with Crippen molar-refractivity contribution in [1.82, 2.24) is 18.7 Å². The predicted molar refractivity (Wildman–Crippen MR) is 126 cm³/mol. The molecule has 3 heterocycles. The van der Waals surface area contributed by atoms with Gasteiger partial charge in [0.2, 0.25) is 5.13 Å². The van der Waals surface area contributed by atoms with Gasteiger partial charge in [0.25, 0.3) is 0 Å². The number of halogens is 3. The van der Waals surface area contributed by atoms with E-state index in [1.54, 1.807) is 41.1 Å². The Balaban J connectivity index is 1.46. The van der Waals surface area contributed by atoms with Crippen LogP contribution in [0.1, 0.15) is 0 Å². The van der Waals surface area contributed by atoms with Crippen LogP contribution in [0.2, 0.25) is 5.02 Å². The van der Waals surface area contributed by atoms with Crippen molar-refractivity contribution >= 4 is 51.7 Å². The molecule has 0 aliphatic rings. The molecule has 33 heavy (non-hydrogen) atoms. The second kappa shape index (κ2) is 8.85. The van der Waals surface area contributed by atoms with Crippen LogP contribution in [0.5, 0.6) is 11.5 Å². The first-order chi connectivity index (χ1) is 16.0. The van der Waals surface area contributed by atoms with Gasteiger partial charge in [0, 0.05) is 39.9 Å². The average Bonchev–Trinajstić information content (AvgIpc) is 3.46. The molecule has 0 bridgehead atoms. The number of nitrogens with zero attached hydrogens (tertiary/aromatic N) is 4. The molecule has 0 saturated carbocycles. The lowest BCUT2D eigenvalue weighted by Gasteiger charge is -2.14. The standard InChI is InChI=1S/C21H13ClF2N6OS2/c22-12-2-3-16(13(5-12)11-1-4-20-26-8-19(25)30(20)9-11)31-17-6-15(24)18(7-14(17)23)32-29-21-27-10-28-33-21/h1-10H,25H2,(H,27,28,29). The van der Waals surface area contributed by atoms with Crippen molar-refractivity contribution in [3.8, 4) is 22.6 Å². The molecule has 0 radical (unpaired) electrons. The van der Waals surface area contributed by atoms with Gasteiger partial charge < -0.3 is 15.2 Å². The number of aromatic nitrogens is 4. The zero-order chi connectivity index (χ0) is 22.9. The minimum atomic E-state index is -0.729. The van der Waals surface area contributed by atoms with Crippen LogP contribution >= 0.6 is 35.1 Å². The molecule has 0 saturated heterocycles. The molecular weight excluding hydrogens is 490 g/mol. The van der Waals surface area contributed by atoms with Crippen LogP contribution in [-0.4, -0.2) is 18.7 Å². The smallest absolute Gasteiger partial charge is 0.212 e. The molecule has 12 heteroatoms. The Bertz CT molecular complexity index is 1460. The van der Waals surface area contributed by atoms with Gasteiger partial charge in [-0.2, -0.15) is 4.37 Å². The zero-order valence-corrected chi connectivity index (χ0v) is 18.9. The molecule has 0 aliphatic carbocycles. The fraction of sp³-hybridized carbons (Fsp3) is 0. The monoisotopic (exact) mass is 502 g/mol. The molecule has 7 nitrogen and oxygen atoms in total. The summed E-state index contributed by atoms with van der Waals surface area (Å²) in [5, 5.41) is 0.929. The predicted octanol–water partition coefficient (Wildman–Crippen LogP) is 6.28. The van der Waals surface area contributed by atoms with Crippen molar-refractivity contribution in [3.05, 3.63) is 77.8 Å². The van der Waals surface area contributed by atoms with Gasteiger partial charge in [-0.1, -0.05) is 11.6 Å². The van der Waals surface area contributed by atoms with E-state index < -0.39 is 11.6 Å². The maximum absolute atomic E-state index is 14.8. The summed E-state index contributed by atoms with van der Waals surface area (Å²) >= 11 is 8.19. The number of ether oxygens (including phenoxy) is 1.